The minimum Gasteiger partial charge on any atom is -0.322 e. The number of anilines is 1. The fourth-order valence-corrected chi connectivity index (χ4v) is 1.56. The summed E-state index contributed by atoms with van der Waals surface area (Å²) in [5, 5.41) is 9.91. The molecular formula is C11H7Cl2N3O. The molecule has 0 saturated heterocycles. The number of amides is 1. The van der Waals surface area contributed by atoms with Crippen LogP contribution >= 0.6 is 23.2 Å². The van der Waals surface area contributed by atoms with E-state index in [0.717, 1.165) is 0 Å². The average molecular weight is 268 g/mol. The van der Waals surface area contributed by atoms with Crippen LogP contribution in [0.3, 0.4) is 0 Å². The van der Waals surface area contributed by atoms with Crippen LogP contribution in [0.2, 0.25) is 10.3 Å². The number of hydrogen-bond acceptors (Lipinski definition) is 3. The van der Waals surface area contributed by atoms with E-state index in [2.05, 4.69) is 15.5 Å². The third kappa shape index (κ3) is 2.93. The van der Waals surface area contributed by atoms with Crippen LogP contribution in [0.25, 0.3) is 0 Å². The summed E-state index contributed by atoms with van der Waals surface area (Å²) in [6, 6.07) is 10.4. The number of hydrogen-bond donors (Lipinski definition) is 1. The Balaban J connectivity index is 2.23. The molecule has 0 bridgehead atoms. The first kappa shape index (κ1) is 11.8. The molecule has 0 fully saturated rings. The van der Waals surface area contributed by atoms with Gasteiger partial charge in [0.15, 0.2) is 10.3 Å². The molecule has 1 N–H and O–H groups in total. The Morgan fingerprint density at radius 3 is 2.53 bits per heavy atom. The van der Waals surface area contributed by atoms with E-state index in [0.29, 0.717) is 5.69 Å². The van der Waals surface area contributed by atoms with Crippen LogP contribution in [0, 0.1) is 0 Å². The second kappa shape index (κ2) is 5.12. The Bertz CT molecular complexity index is 546. The monoisotopic (exact) mass is 267 g/mol. The summed E-state index contributed by atoms with van der Waals surface area (Å²) >= 11 is 11.4. The van der Waals surface area contributed by atoms with Gasteiger partial charge < -0.3 is 5.32 Å². The van der Waals surface area contributed by atoms with Gasteiger partial charge in [-0.05, 0) is 18.2 Å². The van der Waals surface area contributed by atoms with Crippen molar-refractivity contribution in [3.05, 3.63) is 52.3 Å². The highest BCUT2D eigenvalue weighted by molar-refractivity contribution is 6.34. The summed E-state index contributed by atoms with van der Waals surface area (Å²) in [7, 11) is 0. The Kier molecular flexibility index (Phi) is 3.56. The molecule has 17 heavy (non-hydrogen) atoms. The number of carbonyl (C=O) groups is 1. The summed E-state index contributed by atoms with van der Waals surface area (Å²) in [5.41, 5.74) is 0.858. The fraction of sp³-hybridized carbons (Fsp3) is 0. The van der Waals surface area contributed by atoms with Crippen molar-refractivity contribution in [1.29, 1.82) is 0 Å². The van der Waals surface area contributed by atoms with E-state index in [9.17, 15) is 4.79 Å². The highest BCUT2D eigenvalue weighted by Gasteiger charge is 2.13. The van der Waals surface area contributed by atoms with Crippen LogP contribution in [0.15, 0.2) is 36.4 Å². The number of halogens is 2. The van der Waals surface area contributed by atoms with Crippen molar-refractivity contribution in [2.75, 3.05) is 5.32 Å². The second-order valence-corrected chi connectivity index (χ2v) is 3.94. The normalized spacial score (nSPS) is 10.0. The van der Waals surface area contributed by atoms with Crippen molar-refractivity contribution in [1.82, 2.24) is 10.2 Å². The average Bonchev–Trinajstić information content (AvgIpc) is 2.33. The Morgan fingerprint density at radius 2 is 1.82 bits per heavy atom. The Morgan fingerprint density at radius 1 is 1.12 bits per heavy atom. The lowest BCUT2D eigenvalue weighted by atomic mass is 10.2. The van der Waals surface area contributed by atoms with Gasteiger partial charge in [-0.15, -0.1) is 10.2 Å². The highest BCUT2D eigenvalue weighted by atomic mass is 35.5. The van der Waals surface area contributed by atoms with Gasteiger partial charge in [-0.1, -0.05) is 41.4 Å². The molecule has 1 heterocycles. The molecule has 6 heteroatoms. The lowest BCUT2D eigenvalue weighted by Gasteiger charge is -2.05. The molecule has 0 aliphatic rings. The van der Waals surface area contributed by atoms with Gasteiger partial charge in [0.2, 0.25) is 0 Å². The van der Waals surface area contributed by atoms with Gasteiger partial charge >= 0.3 is 0 Å². The molecule has 0 aliphatic carbocycles. The zero-order valence-corrected chi connectivity index (χ0v) is 10.0. The van der Waals surface area contributed by atoms with E-state index < -0.39 is 0 Å². The van der Waals surface area contributed by atoms with Gasteiger partial charge in [0.05, 0.1) is 5.56 Å². The van der Waals surface area contributed by atoms with E-state index in [4.69, 9.17) is 23.2 Å². The molecule has 86 valence electrons. The Labute approximate surface area is 108 Å². The summed E-state index contributed by atoms with van der Waals surface area (Å²) < 4.78 is 0. The number of benzene rings is 1. The largest absolute Gasteiger partial charge is 0.322 e. The number of carbonyl (C=O) groups excluding carboxylic acids is 1. The standard InChI is InChI=1S/C11H7Cl2N3O/c12-9-6-8(10(13)16-15-9)11(17)14-7-4-2-1-3-5-7/h1-6H,(H,14,17). The molecule has 0 atom stereocenters. The van der Waals surface area contributed by atoms with Crippen LogP contribution in [0.5, 0.6) is 0 Å². The topological polar surface area (TPSA) is 54.9 Å². The van der Waals surface area contributed by atoms with Crippen LogP contribution in [-0.4, -0.2) is 16.1 Å². The summed E-state index contributed by atoms with van der Waals surface area (Å²) in [6.45, 7) is 0. The lowest BCUT2D eigenvalue weighted by Crippen LogP contribution is -2.13. The van der Waals surface area contributed by atoms with Crippen molar-refractivity contribution in [3.63, 3.8) is 0 Å². The zero-order chi connectivity index (χ0) is 12.3. The molecule has 1 aromatic heterocycles. The van der Waals surface area contributed by atoms with Crippen molar-refractivity contribution in [3.8, 4) is 0 Å². The van der Waals surface area contributed by atoms with Crippen LogP contribution in [0.1, 0.15) is 10.4 Å². The maximum atomic E-state index is 11.9. The summed E-state index contributed by atoms with van der Waals surface area (Å²) in [6.07, 6.45) is 0. The SMILES string of the molecule is O=C(Nc1ccccc1)c1cc(Cl)nnc1Cl. The fourth-order valence-electron chi connectivity index (χ4n) is 1.23. The number of rotatable bonds is 2. The lowest BCUT2D eigenvalue weighted by molar-refractivity contribution is 0.102. The molecule has 2 rings (SSSR count). The minimum atomic E-state index is -0.377. The number of aromatic nitrogens is 2. The maximum Gasteiger partial charge on any atom is 0.258 e. The van der Waals surface area contributed by atoms with Crippen molar-refractivity contribution in [2.45, 2.75) is 0 Å². The van der Waals surface area contributed by atoms with E-state index in [1.165, 1.54) is 6.07 Å². The highest BCUT2D eigenvalue weighted by Crippen LogP contribution is 2.17. The van der Waals surface area contributed by atoms with Gasteiger partial charge in [-0.2, -0.15) is 0 Å². The van der Waals surface area contributed by atoms with Gasteiger partial charge in [-0.25, -0.2) is 0 Å². The predicted octanol–water partition coefficient (Wildman–Crippen LogP) is 3.04. The van der Waals surface area contributed by atoms with Gasteiger partial charge in [0, 0.05) is 5.69 Å². The summed E-state index contributed by atoms with van der Waals surface area (Å²) in [5.74, 6) is -0.377. The van der Waals surface area contributed by atoms with Gasteiger partial charge in [0.1, 0.15) is 0 Å². The van der Waals surface area contributed by atoms with E-state index in [1.54, 1.807) is 12.1 Å². The third-order valence-corrected chi connectivity index (χ3v) is 2.46. The van der Waals surface area contributed by atoms with Crippen LogP contribution < -0.4 is 5.32 Å². The number of nitrogens with zero attached hydrogens (tertiary/aromatic N) is 2. The first-order valence-electron chi connectivity index (χ1n) is 4.72. The van der Waals surface area contributed by atoms with Crippen LogP contribution in [-0.2, 0) is 0 Å². The molecular weight excluding hydrogens is 261 g/mol. The molecule has 4 nitrogen and oxygen atoms in total. The van der Waals surface area contributed by atoms with Gasteiger partial charge in [0.25, 0.3) is 5.91 Å². The van der Waals surface area contributed by atoms with Crippen molar-refractivity contribution in [2.24, 2.45) is 0 Å². The number of para-hydroxylation sites is 1. The maximum absolute atomic E-state index is 11.9. The molecule has 0 spiro atoms. The second-order valence-electron chi connectivity index (χ2n) is 3.19. The summed E-state index contributed by atoms with van der Waals surface area (Å²) in [4.78, 5) is 11.9. The molecule has 0 radical (unpaired) electrons. The third-order valence-electron chi connectivity index (χ3n) is 2.00. The first-order valence-corrected chi connectivity index (χ1v) is 5.47. The Hall–Kier alpha value is -1.65. The minimum absolute atomic E-state index is 0.0165. The van der Waals surface area contributed by atoms with Gasteiger partial charge in [-0.3, -0.25) is 4.79 Å². The van der Waals surface area contributed by atoms with E-state index >= 15 is 0 Å². The number of nitrogens with one attached hydrogen (secondary N) is 1. The molecule has 1 aromatic carbocycles. The first-order chi connectivity index (χ1) is 8.16. The molecule has 0 unspecified atom stereocenters. The van der Waals surface area contributed by atoms with E-state index in [-0.39, 0.29) is 21.8 Å². The van der Waals surface area contributed by atoms with Crippen molar-refractivity contribution >= 4 is 34.8 Å². The predicted molar refractivity (Wildman–Crippen MR) is 66.4 cm³/mol. The molecule has 1 amide bonds. The van der Waals surface area contributed by atoms with Crippen LogP contribution in [0.4, 0.5) is 5.69 Å². The van der Waals surface area contributed by atoms with E-state index in [1.807, 2.05) is 18.2 Å². The zero-order valence-electron chi connectivity index (χ0n) is 8.52. The molecule has 0 saturated carbocycles. The molecule has 0 aliphatic heterocycles. The smallest absolute Gasteiger partial charge is 0.258 e. The quantitative estimate of drug-likeness (QED) is 0.910. The van der Waals surface area contributed by atoms with Crippen molar-refractivity contribution < 1.29 is 4.79 Å². The molecule has 2 aromatic rings.